The molecule has 11 nitrogen and oxygen atoms in total. The maximum absolute atomic E-state index is 11.4. The van der Waals surface area contributed by atoms with E-state index in [1.54, 1.807) is 6.20 Å². The van der Waals surface area contributed by atoms with Crippen molar-refractivity contribution in [3.05, 3.63) is 18.2 Å². The van der Waals surface area contributed by atoms with E-state index in [0.29, 0.717) is 5.69 Å². The van der Waals surface area contributed by atoms with Crippen LogP contribution in [0.4, 0.5) is 0 Å². The molecule has 0 aliphatic carbocycles. The van der Waals surface area contributed by atoms with Crippen LogP contribution in [0.2, 0.25) is 0 Å². The number of aromatic amines is 1. The van der Waals surface area contributed by atoms with Gasteiger partial charge < -0.3 is 37.1 Å². The summed E-state index contributed by atoms with van der Waals surface area (Å²) in [4.78, 5) is 37.6. The van der Waals surface area contributed by atoms with Gasteiger partial charge in [0.25, 0.3) is 0 Å². The van der Waals surface area contributed by atoms with Crippen molar-refractivity contribution in [1.82, 2.24) is 9.97 Å². The van der Waals surface area contributed by atoms with Crippen LogP contribution in [0, 0.1) is 0 Å². The summed E-state index contributed by atoms with van der Waals surface area (Å²) in [6.45, 7) is -0.678. The lowest BCUT2D eigenvalue weighted by molar-refractivity contribution is -0.149. The summed E-state index contributed by atoms with van der Waals surface area (Å²) in [5.41, 5.74) is 15.9. The number of imidazole rings is 1. The molecule has 0 bridgehead atoms. The predicted molar refractivity (Wildman–Crippen MR) is 73.5 cm³/mol. The van der Waals surface area contributed by atoms with Gasteiger partial charge in [-0.15, -0.1) is 0 Å². The zero-order valence-electron chi connectivity index (χ0n) is 11.6. The number of hydrogen-bond acceptors (Lipinski definition) is 8. The van der Waals surface area contributed by atoms with E-state index in [-0.39, 0.29) is 13.0 Å². The third-order valence-corrected chi connectivity index (χ3v) is 2.18. The van der Waals surface area contributed by atoms with Crippen molar-refractivity contribution < 1.29 is 29.3 Å². The Morgan fingerprint density at radius 2 is 1.86 bits per heavy atom. The van der Waals surface area contributed by atoms with E-state index in [9.17, 15) is 14.4 Å². The number of H-pyrrole nitrogens is 1. The Labute approximate surface area is 125 Å². The molecule has 1 rings (SSSR count). The Hall–Kier alpha value is -2.50. The highest BCUT2D eigenvalue weighted by Gasteiger charge is 2.19. The van der Waals surface area contributed by atoms with Gasteiger partial charge in [0.15, 0.2) is 0 Å². The van der Waals surface area contributed by atoms with E-state index in [4.69, 9.17) is 21.7 Å². The van der Waals surface area contributed by atoms with Crippen LogP contribution in [0.15, 0.2) is 12.5 Å². The molecule has 1 aromatic heterocycles. The minimum atomic E-state index is -1.24. The lowest BCUT2D eigenvalue weighted by atomic mass is 10.2. The molecular formula is C11H19N5O6. The van der Waals surface area contributed by atoms with Crippen molar-refractivity contribution in [2.24, 2.45) is 17.2 Å². The molecule has 0 saturated carbocycles. The number of nitrogens with zero attached hydrogens (tertiary/aromatic N) is 1. The molecule has 0 fully saturated rings. The minimum absolute atomic E-state index is 0.213. The number of carbonyl (C=O) groups excluding carboxylic acids is 1. The average molecular weight is 317 g/mol. The number of aromatic nitrogens is 2. The standard InChI is InChI=1S/C9H14N4O4.C2H5NO2/c10-6(1-5-2-12-4-13-5)9(16)17-3-7(11)8(14)15;3-1-2(4)5/h2,4,6-7H,1,3,10-11H2,(H,12,13)(H,14,15);1,3H2,(H,4,5)/t6-,7-;/m0./s1. The number of ether oxygens (including phenoxy) is 1. The Morgan fingerprint density at radius 1 is 1.27 bits per heavy atom. The molecule has 0 aliphatic heterocycles. The van der Waals surface area contributed by atoms with E-state index in [2.05, 4.69) is 20.4 Å². The van der Waals surface area contributed by atoms with E-state index in [1.165, 1.54) is 6.33 Å². The Kier molecular flexibility index (Phi) is 9.09. The van der Waals surface area contributed by atoms with Crippen LogP contribution in [-0.4, -0.2) is 63.3 Å². The van der Waals surface area contributed by atoms with Crippen LogP contribution in [-0.2, 0) is 25.5 Å². The van der Waals surface area contributed by atoms with Gasteiger partial charge in [-0.3, -0.25) is 14.4 Å². The van der Waals surface area contributed by atoms with Crippen molar-refractivity contribution in [1.29, 1.82) is 0 Å². The van der Waals surface area contributed by atoms with Gasteiger partial charge in [-0.05, 0) is 0 Å². The molecule has 0 radical (unpaired) electrons. The molecule has 124 valence electrons. The van der Waals surface area contributed by atoms with Crippen LogP contribution in [0.1, 0.15) is 5.69 Å². The molecule has 0 amide bonds. The first-order valence-electron chi connectivity index (χ1n) is 6.08. The number of hydrogen-bond donors (Lipinski definition) is 6. The van der Waals surface area contributed by atoms with Gasteiger partial charge in [0.1, 0.15) is 18.7 Å². The van der Waals surface area contributed by atoms with Crippen molar-refractivity contribution in [3.63, 3.8) is 0 Å². The molecule has 0 unspecified atom stereocenters. The third-order valence-electron chi connectivity index (χ3n) is 2.18. The molecule has 11 heteroatoms. The topological polar surface area (TPSA) is 208 Å². The number of nitrogens with one attached hydrogen (secondary N) is 1. The second-order valence-electron chi connectivity index (χ2n) is 4.04. The Morgan fingerprint density at radius 3 is 2.27 bits per heavy atom. The number of nitrogens with two attached hydrogens (primary N) is 3. The molecule has 0 aliphatic rings. The predicted octanol–water partition coefficient (Wildman–Crippen LogP) is -2.74. The molecular weight excluding hydrogens is 298 g/mol. The summed E-state index contributed by atoms with van der Waals surface area (Å²) < 4.78 is 4.67. The fourth-order valence-corrected chi connectivity index (χ4v) is 1.06. The van der Waals surface area contributed by atoms with Crippen LogP contribution in [0.5, 0.6) is 0 Å². The summed E-state index contributed by atoms with van der Waals surface area (Å²) in [7, 11) is 0. The highest BCUT2D eigenvalue weighted by molar-refractivity contribution is 5.77. The van der Waals surface area contributed by atoms with Gasteiger partial charge in [-0.1, -0.05) is 0 Å². The summed E-state index contributed by atoms with van der Waals surface area (Å²) >= 11 is 0. The number of rotatable bonds is 7. The first-order chi connectivity index (χ1) is 10.3. The lowest BCUT2D eigenvalue weighted by Crippen LogP contribution is -2.40. The maximum atomic E-state index is 11.4. The second kappa shape index (κ2) is 10.3. The number of carboxylic acid groups (broad SMARTS) is 2. The molecule has 9 N–H and O–H groups in total. The monoisotopic (exact) mass is 317 g/mol. The summed E-state index contributed by atoms with van der Waals surface area (Å²) in [5, 5.41) is 16.1. The molecule has 0 aromatic carbocycles. The van der Waals surface area contributed by atoms with Crippen molar-refractivity contribution in [2.45, 2.75) is 18.5 Å². The smallest absolute Gasteiger partial charge is 0.324 e. The van der Waals surface area contributed by atoms with E-state index in [0.717, 1.165) is 0 Å². The molecule has 1 heterocycles. The maximum Gasteiger partial charge on any atom is 0.324 e. The third kappa shape index (κ3) is 8.63. The molecule has 0 spiro atoms. The second-order valence-corrected chi connectivity index (χ2v) is 4.04. The van der Waals surface area contributed by atoms with Gasteiger partial charge in [-0.2, -0.15) is 0 Å². The average Bonchev–Trinajstić information content (AvgIpc) is 2.97. The first-order valence-corrected chi connectivity index (χ1v) is 6.08. The van der Waals surface area contributed by atoms with Crippen LogP contribution < -0.4 is 17.2 Å². The summed E-state index contributed by atoms with van der Waals surface area (Å²) in [5.74, 6) is -2.91. The zero-order valence-corrected chi connectivity index (χ0v) is 11.6. The molecule has 0 saturated heterocycles. The van der Waals surface area contributed by atoms with Gasteiger partial charge in [-0.25, -0.2) is 4.98 Å². The summed E-state index contributed by atoms with van der Waals surface area (Å²) in [6, 6.07) is -2.13. The van der Waals surface area contributed by atoms with Crippen molar-refractivity contribution in [3.8, 4) is 0 Å². The minimum Gasteiger partial charge on any atom is -0.480 e. The Balaban J connectivity index is 0.000000763. The van der Waals surface area contributed by atoms with Gasteiger partial charge in [0, 0.05) is 12.6 Å². The van der Waals surface area contributed by atoms with Crippen molar-refractivity contribution in [2.75, 3.05) is 13.2 Å². The lowest BCUT2D eigenvalue weighted by Gasteiger charge is -2.12. The highest BCUT2D eigenvalue weighted by Crippen LogP contribution is 1.98. The Bertz CT molecular complexity index is 477. The molecule has 22 heavy (non-hydrogen) atoms. The zero-order chi connectivity index (χ0) is 17.1. The van der Waals surface area contributed by atoms with E-state index < -0.39 is 36.6 Å². The number of carboxylic acids is 2. The fourth-order valence-electron chi connectivity index (χ4n) is 1.06. The largest absolute Gasteiger partial charge is 0.480 e. The van der Waals surface area contributed by atoms with E-state index in [1.807, 2.05) is 0 Å². The van der Waals surface area contributed by atoms with Crippen LogP contribution >= 0.6 is 0 Å². The van der Waals surface area contributed by atoms with Crippen LogP contribution in [0.25, 0.3) is 0 Å². The highest BCUT2D eigenvalue weighted by atomic mass is 16.5. The summed E-state index contributed by atoms with van der Waals surface area (Å²) in [6.07, 6.45) is 3.29. The number of esters is 1. The van der Waals surface area contributed by atoms with Crippen LogP contribution in [0.3, 0.4) is 0 Å². The SMILES string of the molecule is NCC(=O)O.N[C@@H](COC(=O)[C@@H](N)Cc1c[nH]cn1)C(=O)O. The quantitative estimate of drug-likeness (QED) is 0.286. The molecule has 2 atom stereocenters. The fraction of sp³-hybridized carbons (Fsp3) is 0.455. The number of aliphatic carboxylic acids is 2. The first kappa shape index (κ1) is 19.5. The van der Waals surface area contributed by atoms with Crippen molar-refractivity contribution >= 4 is 17.9 Å². The van der Waals surface area contributed by atoms with E-state index >= 15 is 0 Å². The van der Waals surface area contributed by atoms with Gasteiger partial charge in [0.05, 0.1) is 18.6 Å². The normalized spacial score (nSPS) is 12.5. The molecule has 1 aromatic rings. The van der Waals surface area contributed by atoms with Gasteiger partial charge >= 0.3 is 17.9 Å². The van der Waals surface area contributed by atoms with Gasteiger partial charge in [0.2, 0.25) is 0 Å². The number of carbonyl (C=O) groups is 3.